The van der Waals surface area contributed by atoms with Crippen LogP contribution in [-0.4, -0.2) is 38.7 Å². The zero-order valence-electron chi connectivity index (χ0n) is 15.4. The predicted molar refractivity (Wildman–Crippen MR) is 125 cm³/mol. The Labute approximate surface area is 185 Å². The number of fused-ring (bicyclic) bond motifs is 1. The molecule has 1 atom stereocenters. The van der Waals surface area contributed by atoms with Crippen LogP contribution >= 0.6 is 39.0 Å². The molecule has 0 aliphatic carbocycles. The lowest BCUT2D eigenvalue weighted by atomic mass is 10.2. The van der Waals surface area contributed by atoms with Crippen molar-refractivity contribution in [1.29, 1.82) is 0 Å². The third kappa shape index (κ3) is 5.51. The number of H-pyrrole nitrogens is 1. The molecular formula is C20H20BrN5OS2. The molecular weight excluding hydrogens is 470 g/mol. The molecule has 0 bridgehead atoms. The number of hydrogen-bond acceptors (Lipinski definition) is 7. The first kappa shape index (κ1) is 20.2. The van der Waals surface area contributed by atoms with E-state index in [-0.39, 0.29) is 0 Å². The molecule has 0 saturated carbocycles. The first-order valence-corrected chi connectivity index (χ1v) is 11.7. The minimum atomic E-state index is -0.477. The number of thioether (sulfide) groups is 1. The van der Waals surface area contributed by atoms with Crippen molar-refractivity contribution in [1.82, 2.24) is 15.2 Å². The van der Waals surface area contributed by atoms with E-state index in [9.17, 15) is 5.11 Å². The first-order valence-electron chi connectivity index (χ1n) is 9.10. The summed E-state index contributed by atoms with van der Waals surface area (Å²) in [5.74, 6) is 0.556. The third-order valence-electron chi connectivity index (χ3n) is 4.30. The fraction of sp³-hybridized carbons (Fsp3) is 0.200. The number of aromatic amines is 1. The van der Waals surface area contributed by atoms with Crippen molar-refractivity contribution in [3.63, 3.8) is 0 Å². The average molecular weight is 490 g/mol. The Morgan fingerprint density at radius 1 is 1.10 bits per heavy atom. The molecule has 2 aromatic carbocycles. The highest BCUT2D eigenvalue weighted by Crippen LogP contribution is 2.27. The molecule has 0 fully saturated rings. The van der Waals surface area contributed by atoms with E-state index >= 15 is 0 Å². The Balaban J connectivity index is 1.23. The van der Waals surface area contributed by atoms with Crippen LogP contribution in [0.25, 0.3) is 10.9 Å². The van der Waals surface area contributed by atoms with Gasteiger partial charge in [-0.05, 0) is 35.9 Å². The number of benzene rings is 2. The Morgan fingerprint density at radius 2 is 1.93 bits per heavy atom. The topological polar surface area (TPSA) is 85.9 Å². The largest absolute Gasteiger partial charge is 0.390 e. The summed E-state index contributed by atoms with van der Waals surface area (Å²) >= 11 is 6.43. The van der Waals surface area contributed by atoms with Crippen molar-refractivity contribution >= 4 is 60.8 Å². The molecule has 6 nitrogen and oxygen atoms in total. The van der Waals surface area contributed by atoms with Gasteiger partial charge in [-0.2, -0.15) is 0 Å². The molecule has 0 spiro atoms. The highest BCUT2D eigenvalue weighted by Gasteiger charge is 2.10. The Hall–Kier alpha value is -2.07. The minimum Gasteiger partial charge on any atom is -0.390 e. The molecule has 4 rings (SSSR count). The number of anilines is 2. The number of para-hydroxylation sites is 1. The fourth-order valence-electron chi connectivity index (χ4n) is 2.82. The van der Waals surface area contributed by atoms with Crippen molar-refractivity contribution in [2.75, 3.05) is 22.9 Å². The number of nitrogens with zero attached hydrogens (tertiary/aromatic N) is 2. The SMILES string of the molecule is OC(CNc1ccc(Br)cc1)CSc1nnc(NCc2c[nH]c3ccccc23)s1. The van der Waals surface area contributed by atoms with Crippen LogP contribution in [0.2, 0.25) is 0 Å². The summed E-state index contributed by atoms with van der Waals surface area (Å²) in [6.07, 6.45) is 1.54. The van der Waals surface area contributed by atoms with Gasteiger partial charge >= 0.3 is 0 Å². The molecule has 0 aliphatic rings. The van der Waals surface area contributed by atoms with Gasteiger partial charge in [0.2, 0.25) is 5.13 Å². The third-order valence-corrected chi connectivity index (χ3v) is 6.98. The molecule has 2 aromatic heterocycles. The highest BCUT2D eigenvalue weighted by atomic mass is 79.9. The summed E-state index contributed by atoms with van der Waals surface area (Å²) in [6, 6.07) is 16.1. The molecule has 4 N–H and O–H groups in total. The van der Waals surface area contributed by atoms with Gasteiger partial charge in [-0.1, -0.05) is 57.2 Å². The van der Waals surface area contributed by atoms with E-state index < -0.39 is 6.10 Å². The lowest BCUT2D eigenvalue weighted by Crippen LogP contribution is -2.21. The molecule has 4 aromatic rings. The summed E-state index contributed by atoms with van der Waals surface area (Å²) in [5.41, 5.74) is 3.31. The van der Waals surface area contributed by atoms with Crippen LogP contribution in [-0.2, 0) is 6.54 Å². The van der Waals surface area contributed by atoms with Crippen molar-refractivity contribution in [3.05, 3.63) is 64.8 Å². The zero-order valence-corrected chi connectivity index (χ0v) is 18.6. The number of hydrogen-bond donors (Lipinski definition) is 4. The van der Waals surface area contributed by atoms with E-state index in [1.54, 1.807) is 0 Å². The van der Waals surface area contributed by atoms with Crippen LogP contribution in [0.15, 0.2) is 63.5 Å². The summed E-state index contributed by atoms with van der Waals surface area (Å²) in [6.45, 7) is 1.17. The van der Waals surface area contributed by atoms with Crippen molar-refractivity contribution in [2.45, 2.75) is 17.0 Å². The predicted octanol–water partition coefficient (Wildman–Crippen LogP) is 4.96. The van der Waals surface area contributed by atoms with E-state index in [1.807, 2.05) is 42.6 Å². The lowest BCUT2D eigenvalue weighted by Gasteiger charge is -2.11. The molecule has 0 radical (unpaired) electrons. The van der Waals surface area contributed by atoms with Crippen LogP contribution in [0.5, 0.6) is 0 Å². The van der Waals surface area contributed by atoms with Crippen LogP contribution in [0.4, 0.5) is 10.8 Å². The van der Waals surface area contributed by atoms with Crippen molar-refractivity contribution < 1.29 is 5.11 Å². The quantitative estimate of drug-likeness (QED) is 0.248. The second-order valence-electron chi connectivity index (χ2n) is 6.44. The molecule has 2 heterocycles. The molecule has 150 valence electrons. The van der Waals surface area contributed by atoms with Gasteiger partial charge in [-0.15, -0.1) is 10.2 Å². The van der Waals surface area contributed by atoms with Gasteiger partial charge in [0.05, 0.1) is 6.10 Å². The number of rotatable bonds is 9. The number of aliphatic hydroxyl groups excluding tert-OH is 1. The maximum Gasteiger partial charge on any atom is 0.206 e. The maximum atomic E-state index is 10.2. The highest BCUT2D eigenvalue weighted by molar-refractivity contribution is 9.10. The van der Waals surface area contributed by atoms with Gasteiger partial charge in [-0.25, -0.2) is 0 Å². The van der Waals surface area contributed by atoms with Gasteiger partial charge < -0.3 is 20.7 Å². The van der Waals surface area contributed by atoms with Gasteiger partial charge in [0.1, 0.15) is 0 Å². The Kier molecular flexibility index (Phi) is 6.70. The van der Waals surface area contributed by atoms with Gasteiger partial charge in [-0.3, -0.25) is 0 Å². The number of halogens is 1. The molecule has 9 heteroatoms. The first-order chi connectivity index (χ1) is 14.2. The van der Waals surface area contributed by atoms with Gasteiger partial charge in [0.15, 0.2) is 4.34 Å². The minimum absolute atomic E-state index is 0.477. The van der Waals surface area contributed by atoms with Crippen LogP contribution in [0, 0.1) is 0 Å². The van der Waals surface area contributed by atoms with E-state index in [0.29, 0.717) is 18.8 Å². The van der Waals surface area contributed by atoms with Crippen molar-refractivity contribution in [2.24, 2.45) is 0 Å². The van der Waals surface area contributed by atoms with Crippen molar-refractivity contribution in [3.8, 4) is 0 Å². The van der Waals surface area contributed by atoms with Crippen LogP contribution < -0.4 is 10.6 Å². The van der Waals surface area contributed by atoms with Gasteiger partial charge in [0.25, 0.3) is 0 Å². The second-order valence-corrected chi connectivity index (χ2v) is 9.60. The van der Waals surface area contributed by atoms with Crippen LogP contribution in [0.3, 0.4) is 0 Å². The lowest BCUT2D eigenvalue weighted by molar-refractivity contribution is 0.213. The Bertz CT molecular complexity index is 1070. The monoisotopic (exact) mass is 489 g/mol. The van der Waals surface area contributed by atoms with E-state index in [2.05, 4.69) is 53.9 Å². The second kappa shape index (κ2) is 9.62. The number of nitrogens with one attached hydrogen (secondary N) is 3. The van der Waals surface area contributed by atoms with Gasteiger partial charge in [0, 0.05) is 46.1 Å². The number of aliphatic hydroxyl groups is 1. The standard InChI is InChI=1S/C20H20BrN5OS2/c21-14-5-7-15(8-6-14)22-11-16(27)12-28-20-26-25-19(29-20)24-10-13-9-23-18-4-2-1-3-17(13)18/h1-9,16,22-23,27H,10-12H2,(H,24,25). The number of aromatic nitrogens is 3. The fourth-order valence-corrected chi connectivity index (χ4v) is 4.78. The molecule has 0 saturated heterocycles. The summed E-state index contributed by atoms with van der Waals surface area (Å²) in [5, 5.41) is 27.2. The summed E-state index contributed by atoms with van der Waals surface area (Å²) in [7, 11) is 0. The zero-order chi connectivity index (χ0) is 20.1. The molecule has 0 amide bonds. The molecule has 29 heavy (non-hydrogen) atoms. The summed E-state index contributed by atoms with van der Waals surface area (Å²) in [4.78, 5) is 3.28. The van der Waals surface area contributed by atoms with E-state index in [0.717, 1.165) is 25.1 Å². The van der Waals surface area contributed by atoms with Crippen LogP contribution in [0.1, 0.15) is 5.56 Å². The Morgan fingerprint density at radius 3 is 2.79 bits per heavy atom. The normalized spacial score (nSPS) is 12.2. The molecule has 0 aliphatic heterocycles. The average Bonchev–Trinajstić information content (AvgIpc) is 3.37. The summed E-state index contributed by atoms with van der Waals surface area (Å²) < 4.78 is 1.87. The van der Waals surface area contributed by atoms with E-state index in [4.69, 9.17) is 0 Å². The smallest absolute Gasteiger partial charge is 0.206 e. The van der Waals surface area contributed by atoms with E-state index in [1.165, 1.54) is 34.0 Å². The molecule has 1 unspecified atom stereocenters. The maximum absolute atomic E-state index is 10.2.